The van der Waals surface area contributed by atoms with Crippen LogP contribution in [0.15, 0.2) is 24.5 Å². The fraction of sp³-hybridized carbons (Fsp3) is 0.667. The van der Waals surface area contributed by atoms with Crippen molar-refractivity contribution >= 4 is 11.8 Å². The van der Waals surface area contributed by atoms with Crippen LogP contribution in [0, 0.1) is 5.92 Å². The highest BCUT2D eigenvalue weighted by Crippen LogP contribution is 2.34. The van der Waals surface area contributed by atoms with Crippen LogP contribution in [0.5, 0.6) is 0 Å². The SMILES string of the molecule is CCCN1C[C@@H](NC(=O)N(C)CCc2cccnc2)C[C@@H]2CC(=O)CC[C@H]21. The maximum atomic E-state index is 12.6. The number of aromatic nitrogens is 1. The number of likely N-dealkylation sites (N-methyl/N-ethyl adjacent to an activating group) is 1. The van der Waals surface area contributed by atoms with Crippen molar-refractivity contribution in [2.24, 2.45) is 5.92 Å². The van der Waals surface area contributed by atoms with Crippen LogP contribution in [-0.4, -0.2) is 65.4 Å². The molecule has 0 bridgehead atoms. The molecule has 3 rings (SSSR count). The molecule has 1 saturated heterocycles. The van der Waals surface area contributed by atoms with Crippen molar-refractivity contribution in [1.82, 2.24) is 20.1 Å². The van der Waals surface area contributed by atoms with Crippen molar-refractivity contribution in [3.05, 3.63) is 30.1 Å². The number of nitrogens with zero attached hydrogens (tertiary/aromatic N) is 3. The third-order valence-corrected chi connectivity index (χ3v) is 5.91. The van der Waals surface area contributed by atoms with Crippen LogP contribution in [0.25, 0.3) is 0 Å². The number of piperidine rings is 1. The third-order valence-electron chi connectivity index (χ3n) is 5.91. The van der Waals surface area contributed by atoms with Crippen molar-refractivity contribution in [1.29, 1.82) is 0 Å². The molecule has 27 heavy (non-hydrogen) atoms. The van der Waals surface area contributed by atoms with Gasteiger partial charge < -0.3 is 10.2 Å². The number of urea groups is 1. The molecule has 1 N–H and O–H groups in total. The maximum Gasteiger partial charge on any atom is 0.317 e. The van der Waals surface area contributed by atoms with Crippen molar-refractivity contribution in [2.45, 2.75) is 57.5 Å². The highest BCUT2D eigenvalue weighted by molar-refractivity contribution is 5.79. The zero-order valence-electron chi connectivity index (χ0n) is 16.6. The number of rotatable bonds is 6. The number of Topliss-reactive ketones (excluding diaryl/α,β-unsaturated/α-hetero) is 1. The Labute approximate surface area is 162 Å². The first kappa shape index (κ1) is 19.8. The number of amides is 2. The molecule has 1 aliphatic heterocycles. The van der Waals surface area contributed by atoms with Gasteiger partial charge in [0.05, 0.1) is 0 Å². The Morgan fingerprint density at radius 1 is 1.44 bits per heavy atom. The number of pyridine rings is 1. The van der Waals surface area contributed by atoms with Crippen LogP contribution in [0.2, 0.25) is 0 Å². The summed E-state index contributed by atoms with van der Waals surface area (Å²) in [6.45, 7) is 4.79. The summed E-state index contributed by atoms with van der Waals surface area (Å²) in [6.07, 6.45) is 8.79. The molecule has 1 saturated carbocycles. The first-order valence-corrected chi connectivity index (χ1v) is 10.2. The number of ketones is 1. The quantitative estimate of drug-likeness (QED) is 0.833. The summed E-state index contributed by atoms with van der Waals surface area (Å²) in [6, 6.07) is 4.56. The summed E-state index contributed by atoms with van der Waals surface area (Å²) >= 11 is 0. The predicted molar refractivity (Wildman–Crippen MR) is 106 cm³/mol. The van der Waals surface area contributed by atoms with E-state index in [9.17, 15) is 9.59 Å². The van der Waals surface area contributed by atoms with Crippen LogP contribution in [0.1, 0.15) is 44.6 Å². The summed E-state index contributed by atoms with van der Waals surface area (Å²) in [5, 5.41) is 3.21. The first-order valence-electron chi connectivity index (χ1n) is 10.2. The lowest BCUT2D eigenvalue weighted by atomic mass is 9.76. The molecule has 2 heterocycles. The fourth-order valence-corrected chi connectivity index (χ4v) is 4.53. The van der Waals surface area contributed by atoms with E-state index in [0.717, 1.165) is 50.8 Å². The lowest BCUT2D eigenvalue weighted by Gasteiger charge is -2.47. The van der Waals surface area contributed by atoms with E-state index in [0.29, 0.717) is 30.7 Å². The number of likely N-dealkylation sites (tertiary alicyclic amines) is 1. The maximum absolute atomic E-state index is 12.6. The van der Waals surface area contributed by atoms with Gasteiger partial charge in [0.2, 0.25) is 0 Å². The van der Waals surface area contributed by atoms with Crippen LogP contribution in [0.3, 0.4) is 0 Å². The Balaban J connectivity index is 1.53. The molecule has 0 unspecified atom stereocenters. The van der Waals surface area contributed by atoms with E-state index in [1.165, 1.54) is 0 Å². The van der Waals surface area contributed by atoms with E-state index in [2.05, 4.69) is 22.1 Å². The van der Waals surface area contributed by atoms with E-state index in [1.54, 1.807) is 11.1 Å². The van der Waals surface area contributed by atoms with Crippen LogP contribution >= 0.6 is 0 Å². The second kappa shape index (κ2) is 9.31. The molecule has 1 aromatic heterocycles. The number of hydrogen-bond donors (Lipinski definition) is 1. The standard InChI is InChI=1S/C21H32N4O2/c1-3-10-25-15-18(12-17-13-19(26)6-7-20(17)25)23-21(27)24(2)11-8-16-5-4-9-22-14-16/h4-5,9,14,17-18,20H,3,6-8,10-13,15H2,1-2H3,(H,23,27)/t17-,18+,20-/m1/s1. The largest absolute Gasteiger partial charge is 0.334 e. The van der Waals surface area contributed by atoms with Gasteiger partial charge >= 0.3 is 6.03 Å². The molecule has 6 nitrogen and oxygen atoms in total. The van der Waals surface area contributed by atoms with Crippen molar-refractivity contribution in [3.63, 3.8) is 0 Å². The average molecular weight is 373 g/mol. The predicted octanol–water partition coefficient (Wildman–Crippen LogP) is 2.49. The van der Waals surface area contributed by atoms with E-state index >= 15 is 0 Å². The molecule has 2 amide bonds. The number of nitrogens with one attached hydrogen (secondary N) is 1. The minimum atomic E-state index is -0.0269. The summed E-state index contributed by atoms with van der Waals surface area (Å²) in [7, 11) is 1.84. The van der Waals surface area contributed by atoms with Crippen LogP contribution in [-0.2, 0) is 11.2 Å². The van der Waals surface area contributed by atoms with Gasteiger partial charge in [0.15, 0.2) is 0 Å². The average Bonchev–Trinajstić information content (AvgIpc) is 2.66. The number of hydrogen-bond acceptors (Lipinski definition) is 4. The minimum Gasteiger partial charge on any atom is -0.334 e. The number of carbonyl (C=O) groups is 2. The molecule has 1 aliphatic carbocycles. The Bertz CT molecular complexity index is 636. The van der Waals surface area contributed by atoms with Crippen molar-refractivity contribution in [2.75, 3.05) is 26.7 Å². The second-order valence-electron chi connectivity index (χ2n) is 8.02. The molecule has 6 heteroatoms. The number of carbonyl (C=O) groups excluding carboxylic acids is 2. The van der Waals surface area contributed by atoms with Gasteiger partial charge in [-0.05, 0) is 49.8 Å². The van der Waals surface area contributed by atoms with Gasteiger partial charge in [0.1, 0.15) is 5.78 Å². The van der Waals surface area contributed by atoms with Gasteiger partial charge in [-0.3, -0.25) is 14.7 Å². The summed E-state index contributed by atoms with van der Waals surface area (Å²) in [5.74, 6) is 0.769. The monoisotopic (exact) mass is 372 g/mol. The Kier molecular flexibility index (Phi) is 6.83. The zero-order valence-corrected chi connectivity index (χ0v) is 16.6. The number of fused-ring (bicyclic) bond motifs is 1. The highest BCUT2D eigenvalue weighted by Gasteiger charge is 2.39. The molecule has 3 atom stereocenters. The molecule has 1 aromatic rings. The lowest BCUT2D eigenvalue weighted by Crippen LogP contribution is -2.58. The Hall–Kier alpha value is -1.95. The first-order chi connectivity index (χ1) is 13.1. The molecular formula is C21H32N4O2. The molecule has 0 radical (unpaired) electrons. The molecular weight excluding hydrogens is 340 g/mol. The van der Waals surface area contributed by atoms with Gasteiger partial charge in [0.25, 0.3) is 0 Å². The van der Waals surface area contributed by atoms with E-state index in [-0.39, 0.29) is 12.1 Å². The van der Waals surface area contributed by atoms with Gasteiger partial charge in [-0.15, -0.1) is 0 Å². The minimum absolute atomic E-state index is 0.0269. The topological polar surface area (TPSA) is 65.5 Å². The van der Waals surface area contributed by atoms with Gasteiger partial charge in [0, 0.05) is 57.5 Å². The Morgan fingerprint density at radius 2 is 2.30 bits per heavy atom. The van der Waals surface area contributed by atoms with E-state index in [1.807, 2.05) is 25.4 Å². The van der Waals surface area contributed by atoms with Gasteiger partial charge in [-0.1, -0.05) is 13.0 Å². The molecule has 0 aromatic carbocycles. The van der Waals surface area contributed by atoms with E-state index < -0.39 is 0 Å². The molecule has 2 aliphatic rings. The summed E-state index contributed by atoms with van der Waals surface area (Å²) in [4.78, 5) is 32.9. The van der Waals surface area contributed by atoms with Crippen LogP contribution < -0.4 is 5.32 Å². The Morgan fingerprint density at radius 3 is 3.04 bits per heavy atom. The molecule has 2 fully saturated rings. The summed E-state index contributed by atoms with van der Waals surface area (Å²) in [5.41, 5.74) is 1.13. The van der Waals surface area contributed by atoms with Gasteiger partial charge in [-0.25, -0.2) is 4.79 Å². The lowest BCUT2D eigenvalue weighted by molar-refractivity contribution is -0.124. The smallest absolute Gasteiger partial charge is 0.317 e. The zero-order chi connectivity index (χ0) is 19.2. The van der Waals surface area contributed by atoms with Crippen LogP contribution in [0.4, 0.5) is 4.79 Å². The van der Waals surface area contributed by atoms with E-state index in [4.69, 9.17) is 0 Å². The molecule has 0 spiro atoms. The fourth-order valence-electron chi connectivity index (χ4n) is 4.53. The van der Waals surface area contributed by atoms with Crippen molar-refractivity contribution < 1.29 is 9.59 Å². The summed E-state index contributed by atoms with van der Waals surface area (Å²) < 4.78 is 0. The highest BCUT2D eigenvalue weighted by atomic mass is 16.2. The molecule has 148 valence electrons. The second-order valence-corrected chi connectivity index (χ2v) is 8.02. The third kappa shape index (κ3) is 5.28. The van der Waals surface area contributed by atoms with Crippen molar-refractivity contribution in [3.8, 4) is 0 Å². The van der Waals surface area contributed by atoms with Gasteiger partial charge in [-0.2, -0.15) is 0 Å². The normalized spacial score (nSPS) is 25.7.